The smallest absolute Gasteiger partial charge is 0.462 e. The largest absolute Gasteiger partial charge is 0.472 e. The first-order chi connectivity index (χ1) is 46.6. The van der Waals surface area contributed by atoms with E-state index in [0.29, 0.717) is 31.6 Å². The van der Waals surface area contributed by atoms with Crippen molar-refractivity contribution in [3.8, 4) is 0 Å². The van der Waals surface area contributed by atoms with Crippen LogP contribution in [0.5, 0.6) is 0 Å². The van der Waals surface area contributed by atoms with Crippen LogP contribution in [0, 0.1) is 23.7 Å². The predicted octanol–water partition coefficient (Wildman–Crippen LogP) is 22.8. The Hall–Kier alpha value is -1.94. The van der Waals surface area contributed by atoms with Gasteiger partial charge in [0, 0.05) is 25.7 Å². The number of esters is 4. The third-order valence-corrected chi connectivity index (χ3v) is 20.3. The molecular formula is C78H152O17P2. The highest BCUT2D eigenvalue weighted by Gasteiger charge is 2.30. The Morgan fingerprint density at radius 2 is 0.495 bits per heavy atom. The molecular weight excluding hydrogens is 1270 g/mol. The number of ether oxygens (including phenoxy) is 4. The fourth-order valence-corrected chi connectivity index (χ4v) is 13.5. The fourth-order valence-electron chi connectivity index (χ4n) is 11.9. The summed E-state index contributed by atoms with van der Waals surface area (Å²) >= 11 is 0. The minimum Gasteiger partial charge on any atom is -0.462 e. The monoisotopic (exact) mass is 1420 g/mol. The Morgan fingerprint density at radius 3 is 0.732 bits per heavy atom. The molecule has 0 amide bonds. The highest BCUT2D eigenvalue weighted by molar-refractivity contribution is 7.47. The third-order valence-electron chi connectivity index (χ3n) is 18.4. The van der Waals surface area contributed by atoms with Gasteiger partial charge in [-0.2, -0.15) is 0 Å². The molecule has 0 heterocycles. The Bertz CT molecular complexity index is 1900. The summed E-state index contributed by atoms with van der Waals surface area (Å²) in [7, 11) is -9.91. The Morgan fingerprint density at radius 1 is 0.289 bits per heavy atom. The van der Waals surface area contributed by atoms with Gasteiger partial charge in [0.2, 0.25) is 0 Å². The molecule has 0 fully saturated rings. The van der Waals surface area contributed by atoms with Gasteiger partial charge in [-0.05, 0) is 49.4 Å². The number of phosphoric ester groups is 2. The van der Waals surface area contributed by atoms with Crippen molar-refractivity contribution in [1.29, 1.82) is 0 Å². The van der Waals surface area contributed by atoms with E-state index < -0.39 is 97.5 Å². The van der Waals surface area contributed by atoms with Crippen LogP contribution in [0.3, 0.4) is 0 Å². The van der Waals surface area contributed by atoms with Crippen LogP contribution in [0.1, 0.15) is 396 Å². The zero-order valence-corrected chi connectivity index (χ0v) is 65.5. The van der Waals surface area contributed by atoms with E-state index >= 15 is 0 Å². The van der Waals surface area contributed by atoms with E-state index in [0.717, 1.165) is 114 Å². The van der Waals surface area contributed by atoms with Crippen molar-refractivity contribution in [3.63, 3.8) is 0 Å². The molecule has 576 valence electrons. The minimum absolute atomic E-state index is 0.102. The number of aliphatic hydroxyl groups is 1. The highest BCUT2D eigenvalue weighted by atomic mass is 31.2. The van der Waals surface area contributed by atoms with Gasteiger partial charge in [-0.15, -0.1) is 0 Å². The molecule has 0 rings (SSSR count). The van der Waals surface area contributed by atoms with E-state index in [-0.39, 0.29) is 25.7 Å². The van der Waals surface area contributed by atoms with Gasteiger partial charge in [-0.1, -0.05) is 344 Å². The van der Waals surface area contributed by atoms with Gasteiger partial charge in [0.05, 0.1) is 26.4 Å². The number of phosphoric acid groups is 2. The Labute approximate surface area is 594 Å². The SMILES string of the molecule is CCC(C)CCCCCCCCC(=O)O[C@H](COC(=O)CCCCCCCCCC(C)C)COP(=O)(O)OCC(O)COP(=O)(O)OC[C@@H](COC(=O)CCCCCCCCCCCCCCCCCC(C)C)OC(=O)CCCCCCCCCCCCCCCCCCC(C)C. The molecule has 0 aromatic heterocycles. The number of aliphatic hydroxyl groups excluding tert-OH is 1. The van der Waals surface area contributed by atoms with Crippen LogP contribution in [-0.2, 0) is 65.4 Å². The third kappa shape index (κ3) is 70.9. The zero-order valence-electron chi connectivity index (χ0n) is 63.7. The summed E-state index contributed by atoms with van der Waals surface area (Å²) in [4.78, 5) is 72.8. The number of rotatable bonds is 75. The first-order valence-electron chi connectivity index (χ1n) is 40.2. The lowest BCUT2D eigenvalue weighted by Crippen LogP contribution is -2.30. The summed E-state index contributed by atoms with van der Waals surface area (Å²) in [6.07, 6.45) is 53.0. The van der Waals surface area contributed by atoms with Crippen LogP contribution in [0.2, 0.25) is 0 Å². The summed E-state index contributed by atoms with van der Waals surface area (Å²) in [5.74, 6) is 0.919. The molecule has 4 unspecified atom stereocenters. The lowest BCUT2D eigenvalue weighted by atomic mass is 10.00. The Balaban J connectivity index is 5.22. The van der Waals surface area contributed by atoms with Gasteiger partial charge in [-0.3, -0.25) is 37.3 Å². The second-order valence-corrected chi connectivity index (χ2v) is 32.7. The van der Waals surface area contributed by atoms with Crippen molar-refractivity contribution in [2.45, 2.75) is 414 Å². The van der Waals surface area contributed by atoms with Crippen LogP contribution in [0.25, 0.3) is 0 Å². The average molecular weight is 1420 g/mol. The summed E-state index contributed by atoms with van der Waals surface area (Å²) in [5.41, 5.74) is 0. The van der Waals surface area contributed by atoms with Crippen LogP contribution < -0.4 is 0 Å². The van der Waals surface area contributed by atoms with Gasteiger partial charge < -0.3 is 33.8 Å². The molecule has 19 heteroatoms. The number of hydrogen-bond acceptors (Lipinski definition) is 15. The Kier molecular flexibility index (Phi) is 65.9. The second-order valence-electron chi connectivity index (χ2n) is 29.8. The lowest BCUT2D eigenvalue weighted by molar-refractivity contribution is -0.161. The van der Waals surface area contributed by atoms with Gasteiger partial charge in [0.25, 0.3) is 0 Å². The number of hydrogen-bond donors (Lipinski definition) is 3. The van der Waals surface area contributed by atoms with Gasteiger partial charge in [-0.25, -0.2) is 9.13 Å². The number of carbonyl (C=O) groups excluding carboxylic acids is 4. The van der Waals surface area contributed by atoms with Crippen molar-refractivity contribution in [2.24, 2.45) is 23.7 Å². The van der Waals surface area contributed by atoms with Crippen molar-refractivity contribution >= 4 is 39.5 Å². The van der Waals surface area contributed by atoms with Crippen molar-refractivity contribution in [3.05, 3.63) is 0 Å². The summed E-state index contributed by atoms with van der Waals surface area (Å²) < 4.78 is 68.5. The van der Waals surface area contributed by atoms with Crippen LogP contribution in [0.4, 0.5) is 0 Å². The standard InChI is InChI=1S/C78H152O17P2/c1-9-71(8)57-49-41-36-37-45-53-61-78(83)95-74(65-89-76(81)59-51-43-35-29-32-40-48-56-70(6)7)67-93-97(86,87)91-63-72(79)62-90-96(84,85)92-66-73(64-88-75(80)58-50-42-33-27-23-19-16-12-14-18-22-26-31-39-47-55-69(4)5)94-77(82)60-52-44-34-28-24-20-15-11-10-13-17-21-25-30-38-46-54-68(2)3/h68-74,79H,9-67H2,1-8H3,(H,84,85)(H,86,87)/t71?,72?,73-,74-/m1/s1. The second kappa shape index (κ2) is 67.2. The topological polar surface area (TPSA) is 237 Å². The predicted molar refractivity (Wildman–Crippen MR) is 395 cm³/mol. The number of carbonyl (C=O) groups is 4. The first kappa shape index (κ1) is 95.1. The molecule has 0 aliphatic heterocycles. The molecule has 0 radical (unpaired) electrons. The fraction of sp³-hybridized carbons (Fsp3) is 0.949. The maximum Gasteiger partial charge on any atom is 0.472 e. The van der Waals surface area contributed by atoms with Crippen molar-refractivity contribution < 1.29 is 80.2 Å². The molecule has 0 aliphatic rings. The minimum atomic E-state index is -4.96. The zero-order chi connectivity index (χ0) is 71.7. The van der Waals surface area contributed by atoms with Gasteiger partial charge in [0.1, 0.15) is 19.3 Å². The normalized spacial score (nSPS) is 14.4. The maximum atomic E-state index is 13.1. The summed E-state index contributed by atoms with van der Waals surface area (Å²) in [6.45, 7) is 14.2. The van der Waals surface area contributed by atoms with Crippen molar-refractivity contribution in [2.75, 3.05) is 39.6 Å². The quantitative estimate of drug-likeness (QED) is 0.0222. The molecule has 3 N–H and O–H groups in total. The molecule has 17 nitrogen and oxygen atoms in total. The summed E-state index contributed by atoms with van der Waals surface area (Å²) in [6, 6.07) is 0. The molecule has 0 aromatic rings. The first-order valence-corrected chi connectivity index (χ1v) is 43.2. The molecule has 0 saturated heterocycles. The van der Waals surface area contributed by atoms with Gasteiger partial charge >= 0.3 is 39.5 Å². The molecule has 0 aliphatic carbocycles. The molecule has 0 spiro atoms. The van der Waals surface area contributed by atoms with Gasteiger partial charge in [0.15, 0.2) is 12.2 Å². The van der Waals surface area contributed by atoms with E-state index in [9.17, 15) is 43.2 Å². The van der Waals surface area contributed by atoms with E-state index in [2.05, 4.69) is 55.4 Å². The lowest BCUT2D eigenvalue weighted by Gasteiger charge is -2.21. The van der Waals surface area contributed by atoms with Crippen LogP contribution in [0.15, 0.2) is 0 Å². The highest BCUT2D eigenvalue weighted by Crippen LogP contribution is 2.45. The molecule has 97 heavy (non-hydrogen) atoms. The van der Waals surface area contributed by atoms with Crippen LogP contribution in [-0.4, -0.2) is 96.7 Å². The molecule has 0 saturated carbocycles. The molecule has 0 bridgehead atoms. The molecule has 0 aromatic carbocycles. The van der Waals surface area contributed by atoms with Crippen molar-refractivity contribution in [1.82, 2.24) is 0 Å². The summed E-state index contributed by atoms with van der Waals surface area (Å²) in [5, 5.41) is 10.6. The number of unbranched alkanes of at least 4 members (excludes halogenated alkanes) is 40. The average Bonchev–Trinajstić information content (AvgIpc) is 2.03. The van der Waals surface area contributed by atoms with E-state index in [1.54, 1.807) is 0 Å². The maximum absolute atomic E-state index is 13.1. The van der Waals surface area contributed by atoms with E-state index in [1.165, 1.54) is 193 Å². The molecule has 6 atom stereocenters. The van der Waals surface area contributed by atoms with Crippen LogP contribution >= 0.6 is 15.6 Å². The van der Waals surface area contributed by atoms with E-state index in [4.69, 9.17) is 37.0 Å². The van der Waals surface area contributed by atoms with E-state index in [1.807, 2.05) is 0 Å².